The highest BCUT2D eigenvalue weighted by molar-refractivity contribution is 9.10. The molecule has 38 heavy (non-hydrogen) atoms. The molecule has 2 aliphatic rings. The number of benzene rings is 3. The van der Waals surface area contributed by atoms with Gasteiger partial charge in [0.15, 0.2) is 16.7 Å². The molecule has 0 aliphatic carbocycles. The molecule has 1 amide bonds. The molecule has 0 bridgehead atoms. The average Bonchev–Trinajstić information content (AvgIpc) is 3.34. The lowest BCUT2D eigenvalue weighted by atomic mass is 10.1. The minimum atomic E-state index is -0.495. The topological polar surface area (TPSA) is 118 Å². The minimum absolute atomic E-state index is 0.00286. The van der Waals surface area contributed by atoms with E-state index in [0.29, 0.717) is 26.7 Å². The summed E-state index contributed by atoms with van der Waals surface area (Å²) in [5.74, 6) is 0.385. The van der Waals surface area contributed by atoms with Gasteiger partial charge < -0.3 is 9.47 Å². The Bertz CT molecular complexity index is 1550. The van der Waals surface area contributed by atoms with Crippen LogP contribution < -0.4 is 9.47 Å². The number of thioether (sulfide) groups is 1. The largest absolute Gasteiger partial charge is 0.493 e. The number of methoxy groups -OCH3 is 1. The van der Waals surface area contributed by atoms with Crippen LogP contribution in [-0.4, -0.2) is 33.8 Å². The van der Waals surface area contributed by atoms with Crippen LogP contribution >= 0.6 is 27.7 Å². The third-order valence-corrected chi connectivity index (χ3v) is 7.19. The summed E-state index contributed by atoms with van der Waals surface area (Å²) >= 11 is 4.82. The number of amidine groups is 2. The summed E-state index contributed by atoms with van der Waals surface area (Å²) in [7, 11) is 1.50. The number of hydrogen-bond acceptors (Lipinski definition) is 7. The summed E-state index contributed by atoms with van der Waals surface area (Å²) in [6, 6.07) is 19.2. The Hall–Kier alpha value is -4.22. The van der Waals surface area contributed by atoms with Gasteiger partial charge in [0.25, 0.3) is 11.6 Å². The second-order valence-electron chi connectivity index (χ2n) is 8.17. The zero-order valence-corrected chi connectivity index (χ0v) is 22.3. The van der Waals surface area contributed by atoms with Crippen molar-refractivity contribution in [3.8, 4) is 11.5 Å². The highest BCUT2D eigenvalue weighted by Gasteiger charge is 2.36. The van der Waals surface area contributed by atoms with Gasteiger partial charge >= 0.3 is 0 Å². The van der Waals surface area contributed by atoms with E-state index in [1.807, 2.05) is 35.7 Å². The number of rotatable bonds is 7. The molecule has 3 aromatic rings. The molecule has 3 aromatic carbocycles. The Morgan fingerprint density at radius 2 is 1.89 bits per heavy atom. The van der Waals surface area contributed by atoms with E-state index in [0.717, 1.165) is 16.8 Å². The first kappa shape index (κ1) is 25.4. The zero-order valence-electron chi connectivity index (χ0n) is 19.9. The van der Waals surface area contributed by atoms with Gasteiger partial charge in [-0.15, -0.1) is 0 Å². The molecule has 0 saturated carbocycles. The van der Waals surface area contributed by atoms with Crippen molar-refractivity contribution < 1.29 is 19.2 Å². The number of fused-ring (bicyclic) bond motifs is 1. The van der Waals surface area contributed by atoms with Gasteiger partial charge in [0.2, 0.25) is 0 Å². The quantitative estimate of drug-likeness (QED) is 0.196. The van der Waals surface area contributed by atoms with E-state index in [-0.39, 0.29) is 23.7 Å². The van der Waals surface area contributed by atoms with Gasteiger partial charge in [0.05, 0.1) is 27.8 Å². The number of ether oxygens (including phenoxy) is 2. The van der Waals surface area contributed by atoms with Crippen molar-refractivity contribution in [3.05, 3.63) is 109 Å². The maximum atomic E-state index is 12.9. The molecule has 11 heteroatoms. The van der Waals surface area contributed by atoms with Gasteiger partial charge in [0, 0.05) is 17.5 Å². The number of amides is 1. The number of nitro groups is 1. The molecule has 5 rings (SSSR count). The van der Waals surface area contributed by atoms with Crippen molar-refractivity contribution in [1.82, 2.24) is 4.90 Å². The third-order valence-electron chi connectivity index (χ3n) is 5.78. The van der Waals surface area contributed by atoms with E-state index < -0.39 is 10.8 Å². The van der Waals surface area contributed by atoms with Crippen molar-refractivity contribution >= 4 is 62.1 Å². The van der Waals surface area contributed by atoms with Gasteiger partial charge in [-0.05, 0) is 63.0 Å². The van der Waals surface area contributed by atoms with Gasteiger partial charge in [-0.2, -0.15) is 4.99 Å². The van der Waals surface area contributed by atoms with Gasteiger partial charge in [-0.1, -0.05) is 42.1 Å². The summed E-state index contributed by atoms with van der Waals surface area (Å²) < 4.78 is 12.0. The standard InChI is InChI=1S/C27H19BrN4O5S/c1-36-23-13-17(12-21(28)24(23)37-14-16-7-9-19(10-8-16)32(34)35)11-20-25(29)31-22(18-5-3-2-4-6-18)15-38-27(31)30-26(20)33/h2-13,15,29H,14H2,1H3. The van der Waals surface area contributed by atoms with Crippen LogP contribution in [0.25, 0.3) is 11.8 Å². The molecule has 190 valence electrons. The van der Waals surface area contributed by atoms with Crippen LogP contribution in [0.4, 0.5) is 5.69 Å². The number of nitrogens with zero attached hydrogens (tertiary/aromatic N) is 3. The lowest BCUT2D eigenvalue weighted by Crippen LogP contribution is -2.38. The number of hydrogen-bond donors (Lipinski definition) is 1. The van der Waals surface area contributed by atoms with Gasteiger partial charge in [0.1, 0.15) is 12.4 Å². The van der Waals surface area contributed by atoms with Crippen molar-refractivity contribution in [2.45, 2.75) is 6.61 Å². The second-order valence-corrected chi connectivity index (χ2v) is 9.87. The van der Waals surface area contributed by atoms with Gasteiger partial charge in [-0.25, -0.2) is 0 Å². The molecule has 1 N–H and O–H groups in total. The number of halogens is 1. The maximum absolute atomic E-state index is 12.9. The van der Waals surface area contributed by atoms with Gasteiger partial charge in [-0.3, -0.25) is 25.2 Å². The van der Waals surface area contributed by atoms with E-state index in [1.54, 1.807) is 35.2 Å². The Kier molecular flexibility index (Phi) is 7.12. The lowest BCUT2D eigenvalue weighted by molar-refractivity contribution is -0.384. The van der Waals surface area contributed by atoms with Crippen molar-refractivity contribution in [2.24, 2.45) is 4.99 Å². The molecule has 0 fully saturated rings. The highest BCUT2D eigenvalue weighted by Crippen LogP contribution is 2.40. The Balaban J connectivity index is 1.40. The summed E-state index contributed by atoms with van der Waals surface area (Å²) in [5.41, 5.74) is 3.21. The molecule has 0 atom stereocenters. The third kappa shape index (κ3) is 4.98. The van der Waals surface area contributed by atoms with Crippen molar-refractivity contribution in [1.29, 1.82) is 5.41 Å². The highest BCUT2D eigenvalue weighted by atomic mass is 79.9. The molecule has 0 saturated heterocycles. The van der Waals surface area contributed by atoms with Crippen LogP contribution in [0, 0.1) is 15.5 Å². The smallest absolute Gasteiger partial charge is 0.283 e. The SMILES string of the molecule is COc1cc(C=C2C(=N)N3C(c4ccccc4)=CSC3=NC2=O)cc(Br)c1OCc1ccc([N+](=O)[O-])cc1. The molecular weight excluding hydrogens is 572 g/mol. The van der Waals surface area contributed by atoms with Crippen LogP contribution in [0.5, 0.6) is 11.5 Å². The number of carbonyl (C=O) groups is 1. The fourth-order valence-electron chi connectivity index (χ4n) is 3.91. The van der Waals surface area contributed by atoms with E-state index in [9.17, 15) is 14.9 Å². The van der Waals surface area contributed by atoms with Crippen LogP contribution in [-0.2, 0) is 11.4 Å². The molecule has 0 unspecified atom stereocenters. The normalized spacial score (nSPS) is 15.7. The maximum Gasteiger partial charge on any atom is 0.283 e. The molecule has 0 aromatic heterocycles. The average molecular weight is 591 g/mol. The number of nitrogens with one attached hydrogen (secondary N) is 1. The van der Waals surface area contributed by atoms with E-state index in [4.69, 9.17) is 14.9 Å². The minimum Gasteiger partial charge on any atom is -0.493 e. The summed E-state index contributed by atoms with van der Waals surface area (Å²) in [6.07, 6.45) is 1.60. The second kappa shape index (κ2) is 10.6. The summed E-state index contributed by atoms with van der Waals surface area (Å²) in [6.45, 7) is 0.162. The Labute approximate surface area is 230 Å². The number of aliphatic imine (C=N–C) groups is 1. The predicted molar refractivity (Wildman–Crippen MR) is 150 cm³/mol. The summed E-state index contributed by atoms with van der Waals surface area (Å²) in [5, 5.41) is 22.0. The first-order valence-corrected chi connectivity index (χ1v) is 12.9. The van der Waals surface area contributed by atoms with Crippen molar-refractivity contribution in [3.63, 3.8) is 0 Å². The monoisotopic (exact) mass is 590 g/mol. The fraction of sp³-hybridized carbons (Fsp3) is 0.0741. The molecule has 2 aliphatic heterocycles. The molecular formula is C27H19BrN4O5S. The Morgan fingerprint density at radius 3 is 2.58 bits per heavy atom. The van der Waals surface area contributed by atoms with E-state index >= 15 is 0 Å². The van der Waals surface area contributed by atoms with E-state index in [1.165, 1.54) is 31.0 Å². The molecule has 2 heterocycles. The van der Waals surface area contributed by atoms with Crippen LogP contribution in [0.3, 0.4) is 0 Å². The molecule has 0 spiro atoms. The van der Waals surface area contributed by atoms with Crippen LogP contribution in [0.1, 0.15) is 16.7 Å². The lowest BCUT2D eigenvalue weighted by Gasteiger charge is -2.27. The van der Waals surface area contributed by atoms with Crippen LogP contribution in [0.2, 0.25) is 0 Å². The summed E-state index contributed by atoms with van der Waals surface area (Å²) in [4.78, 5) is 29.1. The first-order chi connectivity index (χ1) is 18.4. The zero-order chi connectivity index (χ0) is 26.8. The number of non-ortho nitro benzene ring substituents is 1. The number of carbonyl (C=O) groups excluding carboxylic acids is 1. The predicted octanol–water partition coefficient (Wildman–Crippen LogP) is 6.25. The van der Waals surface area contributed by atoms with Crippen LogP contribution in [0.15, 0.2) is 87.2 Å². The first-order valence-electron chi connectivity index (χ1n) is 11.3. The van der Waals surface area contributed by atoms with E-state index in [2.05, 4.69) is 20.9 Å². The van der Waals surface area contributed by atoms with Crippen molar-refractivity contribution in [2.75, 3.05) is 7.11 Å². The number of nitro benzene ring substituents is 1. The fourth-order valence-corrected chi connectivity index (χ4v) is 5.38. The Morgan fingerprint density at radius 1 is 1.16 bits per heavy atom. The molecule has 0 radical (unpaired) electrons. The molecule has 9 nitrogen and oxygen atoms in total.